The summed E-state index contributed by atoms with van der Waals surface area (Å²) in [4.78, 5) is 25.4. The number of cyclic esters (lactones) is 1. The first-order chi connectivity index (χ1) is 23.3. The normalized spacial score (nSPS) is 55.1. The van der Waals surface area contributed by atoms with Crippen LogP contribution in [0.15, 0.2) is 23.3 Å². The fourth-order valence-electron chi connectivity index (χ4n) is 11.1. The zero-order valence-electron chi connectivity index (χ0n) is 27.8. The van der Waals surface area contributed by atoms with Crippen LogP contribution in [0.25, 0.3) is 0 Å². The predicted molar refractivity (Wildman–Crippen MR) is 164 cm³/mol. The lowest BCUT2D eigenvalue weighted by Crippen LogP contribution is -2.71. The van der Waals surface area contributed by atoms with E-state index in [2.05, 4.69) is 13.0 Å². The van der Waals surface area contributed by atoms with Gasteiger partial charge in [-0.15, -0.1) is 0 Å². The Kier molecular flexibility index (Phi) is 8.29. The molecule has 0 spiro atoms. The van der Waals surface area contributed by atoms with Crippen molar-refractivity contribution < 1.29 is 68.6 Å². The van der Waals surface area contributed by atoms with Crippen molar-refractivity contribution in [1.29, 1.82) is 0 Å². The summed E-state index contributed by atoms with van der Waals surface area (Å²) in [5.41, 5.74) is -0.643. The van der Waals surface area contributed by atoms with Gasteiger partial charge in [-0.25, -0.2) is 4.79 Å². The van der Waals surface area contributed by atoms with Gasteiger partial charge in [-0.3, -0.25) is 0 Å². The van der Waals surface area contributed by atoms with E-state index in [0.29, 0.717) is 32.1 Å². The summed E-state index contributed by atoms with van der Waals surface area (Å²) in [6.45, 7) is 3.49. The summed E-state index contributed by atoms with van der Waals surface area (Å²) in [5, 5.41) is 65.6. The standard InChI is InChI=1S/C35H48O14/c1-16-9-25(48-30-29(41)28(40)27(39)24(13-36)46-30)35(43)31(45-16)47-22-11-18-3-4-21-20(33(18,15-37)12-23(22)49-35)5-7-32(2)19(6-8-34(21,32)42)17-10-26(38)44-14-17/h3,10,15-16,19-25,27-31,36,39-43H,4-9,11-14H2,1-2H3/t16-,19-,20+,21-,22?,23-,24-,25+,27-,28+,29-,30+,31+,32-,33-,34+,35+/m1/s1. The maximum atomic E-state index is 13.4. The summed E-state index contributed by atoms with van der Waals surface area (Å²) in [5.74, 6) is -2.92. The Morgan fingerprint density at radius 1 is 1.02 bits per heavy atom. The van der Waals surface area contributed by atoms with Crippen LogP contribution in [0.4, 0.5) is 0 Å². The highest BCUT2D eigenvalue weighted by atomic mass is 16.8. The largest absolute Gasteiger partial charge is 0.458 e. The van der Waals surface area contributed by atoms with Gasteiger partial charge < -0.3 is 63.9 Å². The molecule has 6 fully saturated rings. The van der Waals surface area contributed by atoms with E-state index in [-0.39, 0.29) is 43.2 Å². The van der Waals surface area contributed by atoms with E-state index >= 15 is 0 Å². The van der Waals surface area contributed by atoms with Gasteiger partial charge in [0.05, 0.1) is 35.9 Å². The summed E-state index contributed by atoms with van der Waals surface area (Å²) in [7, 11) is 0. The van der Waals surface area contributed by atoms with E-state index in [4.69, 9.17) is 28.4 Å². The fourth-order valence-corrected chi connectivity index (χ4v) is 11.1. The van der Waals surface area contributed by atoms with Gasteiger partial charge in [0, 0.05) is 17.9 Å². The Morgan fingerprint density at radius 2 is 1.82 bits per heavy atom. The lowest BCUT2D eigenvalue weighted by molar-refractivity contribution is -0.468. The molecule has 0 aromatic carbocycles. The number of hydrogen-bond donors (Lipinski definition) is 6. The number of rotatable bonds is 5. The summed E-state index contributed by atoms with van der Waals surface area (Å²) < 4.78 is 35.8. The molecule has 0 aromatic heterocycles. The number of aldehydes is 1. The summed E-state index contributed by atoms with van der Waals surface area (Å²) >= 11 is 0. The lowest BCUT2D eigenvalue weighted by Gasteiger charge is -2.62. The molecule has 6 N–H and O–H groups in total. The predicted octanol–water partition coefficient (Wildman–Crippen LogP) is -0.255. The smallest absolute Gasteiger partial charge is 0.331 e. The zero-order valence-corrected chi connectivity index (χ0v) is 27.8. The quantitative estimate of drug-likeness (QED) is 0.125. The van der Waals surface area contributed by atoms with Crippen molar-refractivity contribution >= 4 is 12.3 Å². The molecule has 49 heavy (non-hydrogen) atoms. The zero-order chi connectivity index (χ0) is 34.7. The van der Waals surface area contributed by atoms with Crippen molar-refractivity contribution in [2.75, 3.05) is 13.2 Å². The number of esters is 1. The van der Waals surface area contributed by atoms with Crippen molar-refractivity contribution in [1.82, 2.24) is 0 Å². The monoisotopic (exact) mass is 692 g/mol. The molecular weight excluding hydrogens is 644 g/mol. The Bertz CT molecular complexity index is 1420. The first kappa shape index (κ1) is 34.3. The van der Waals surface area contributed by atoms with E-state index in [1.807, 2.05) is 0 Å². The molecule has 0 amide bonds. The van der Waals surface area contributed by atoms with E-state index in [1.54, 1.807) is 13.0 Å². The van der Waals surface area contributed by atoms with E-state index < -0.39 is 90.2 Å². The Morgan fingerprint density at radius 3 is 2.53 bits per heavy atom. The molecule has 3 saturated heterocycles. The van der Waals surface area contributed by atoms with Crippen LogP contribution < -0.4 is 0 Å². The van der Waals surface area contributed by atoms with Gasteiger partial charge in [-0.1, -0.05) is 18.6 Å². The van der Waals surface area contributed by atoms with Crippen LogP contribution in [0.5, 0.6) is 0 Å². The van der Waals surface area contributed by atoms with Crippen molar-refractivity contribution in [3.63, 3.8) is 0 Å². The molecule has 4 heterocycles. The van der Waals surface area contributed by atoms with Crippen molar-refractivity contribution in [3.8, 4) is 0 Å². The number of hydrogen-bond acceptors (Lipinski definition) is 14. The lowest BCUT2D eigenvalue weighted by atomic mass is 9.45. The molecular formula is C35H48O14. The third-order valence-corrected chi connectivity index (χ3v) is 13.7. The molecule has 272 valence electrons. The molecule has 8 rings (SSSR count). The van der Waals surface area contributed by atoms with Gasteiger partial charge in [0.15, 0.2) is 6.29 Å². The van der Waals surface area contributed by atoms with Gasteiger partial charge in [-0.2, -0.15) is 0 Å². The number of aliphatic hydroxyl groups excluding tert-OH is 4. The minimum absolute atomic E-state index is 0.00812. The first-order valence-electron chi connectivity index (χ1n) is 17.7. The van der Waals surface area contributed by atoms with Gasteiger partial charge in [0.1, 0.15) is 43.4 Å². The minimum Gasteiger partial charge on any atom is -0.458 e. The average molecular weight is 693 g/mol. The van der Waals surface area contributed by atoms with Gasteiger partial charge in [0.2, 0.25) is 12.1 Å². The van der Waals surface area contributed by atoms with E-state index in [9.17, 15) is 40.2 Å². The van der Waals surface area contributed by atoms with Gasteiger partial charge in [0.25, 0.3) is 0 Å². The number of carbonyl (C=O) groups is 2. The number of aliphatic hydroxyl groups is 6. The van der Waals surface area contributed by atoms with Gasteiger partial charge in [-0.05, 0) is 75.2 Å². The molecule has 0 aromatic rings. The van der Waals surface area contributed by atoms with Crippen LogP contribution in [0, 0.1) is 28.6 Å². The van der Waals surface area contributed by atoms with E-state index in [1.165, 1.54) is 0 Å². The van der Waals surface area contributed by atoms with Crippen molar-refractivity contribution in [2.24, 2.45) is 28.6 Å². The van der Waals surface area contributed by atoms with E-state index in [0.717, 1.165) is 23.9 Å². The Labute approximate surface area is 283 Å². The molecule has 14 nitrogen and oxygen atoms in total. The number of fused-ring (bicyclic) bond motifs is 7. The number of allylic oxidation sites excluding steroid dienone is 1. The van der Waals surface area contributed by atoms with Crippen LogP contribution in [-0.4, -0.2) is 129 Å². The van der Waals surface area contributed by atoms with Crippen LogP contribution >= 0.6 is 0 Å². The fraction of sp³-hybridized carbons (Fsp3) is 0.829. The topological polar surface area (TPSA) is 211 Å². The van der Waals surface area contributed by atoms with Crippen LogP contribution in [0.3, 0.4) is 0 Å². The van der Waals surface area contributed by atoms with Crippen LogP contribution in [-0.2, 0) is 38.0 Å². The highest BCUT2D eigenvalue weighted by molar-refractivity contribution is 5.85. The Balaban J connectivity index is 1.06. The van der Waals surface area contributed by atoms with Crippen molar-refractivity contribution in [2.45, 2.75) is 138 Å². The second-order valence-electron chi connectivity index (χ2n) is 16.0. The molecule has 1 unspecified atom stereocenters. The number of carbonyl (C=O) groups excluding carboxylic acids is 2. The molecule has 0 bridgehead atoms. The molecule has 8 aliphatic rings. The second kappa shape index (κ2) is 11.9. The third-order valence-electron chi connectivity index (χ3n) is 13.7. The summed E-state index contributed by atoms with van der Waals surface area (Å²) in [6.07, 6.45) is -3.31. The van der Waals surface area contributed by atoms with Crippen molar-refractivity contribution in [3.05, 3.63) is 23.3 Å². The second-order valence-corrected chi connectivity index (χ2v) is 16.0. The first-order valence-corrected chi connectivity index (χ1v) is 17.7. The minimum atomic E-state index is -2.19. The Hall–Kier alpha value is -1.82. The molecule has 14 heteroatoms. The van der Waals surface area contributed by atoms with Crippen LogP contribution in [0.2, 0.25) is 0 Å². The molecule has 4 aliphatic carbocycles. The molecule has 17 atom stereocenters. The average Bonchev–Trinajstić information content (AvgIpc) is 3.62. The maximum absolute atomic E-state index is 13.4. The maximum Gasteiger partial charge on any atom is 0.331 e. The molecule has 0 radical (unpaired) electrons. The van der Waals surface area contributed by atoms with Gasteiger partial charge >= 0.3 is 5.97 Å². The molecule has 3 saturated carbocycles. The molecule has 4 aliphatic heterocycles. The number of ether oxygens (including phenoxy) is 6. The van der Waals surface area contributed by atoms with Crippen LogP contribution in [0.1, 0.15) is 65.2 Å². The highest BCUT2D eigenvalue weighted by Gasteiger charge is 2.70. The third kappa shape index (κ3) is 4.86. The highest BCUT2D eigenvalue weighted by Crippen LogP contribution is 2.69. The summed E-state index contributed by atoms with van der Waals surface area (Å²) in [6, 6.07) is 0. The SMILES string of the molecule is C[C@@H]1C[C@H](O[C@@H]2O[C@H](CO)[C@@H](O)[C@H](O)[C@H]2O)[C@]2(O)O[C@@H]3C[C@@]4(C=O)C(=CC[C@@H]5[C@@H]4CC[C@]4(C)[C@@H](C6=CC(=O)OC6)CC[C@]54O)CC3O[C@@H]2O1.